The summed E-state index contributed by atoms with van der Waals surface area (Å²) < 4.78 is 24.3. The molecule has 1 saturated heterocycles. The second-order valence-electron chi connectivity index (χ2n) is 10.6. The Balaban J connectivity index is 1.23. The first kappa shape index (κ1) is 26.2. The Labute approximate surface area is 237 Å². The number of amides is 1. The summed E-state index contributed by atoms with van der Waals surface area (Å²) in [4.78, 5) is 32.0. The minimum absolute atomic E-state index is 0.00848. The van der Waals surface area contributed by atoms with E-state index in [9.17, 15) is 9.59 Å². The van der Waals surface area contributed by atoms with Crippen molar-refractivity contribution in [2.24, 2.45) is 11.5 Å². The van der Waals surface area contributed by atoms with Gasteiger partial charge in [-0.25, -0.2) is 4.98 Å². The molecule has 0 bridgehead atoms. The lowest BCUT2D eigenvalue weighted by Gasteiger charge is -2.30. The molecule has 0 unspecified atom stereocenters. The number of anilines is 2. The zero-order valence-electron chi connectivity index (χ0n) is 22.6. The van der Waals surface area contributed by atoms with Gasteiger partial charge in [-0.05, 0) is 12.8 Å². The highest BCUT2D eigenvalue weighted by Gasteiger charge is 2.27. The van der Waals surface area contributed by atoms with Gasteiger partial charge >= 0.3 is 0 Å². The number of morpholine rings is 1. The van der Waals surface area contributed by atoms with Crippen molar-refractivity contribution in [3.8, 4) is 11.3 Å². The molecule has 218 valence electrons. The number of nitrogens with zero attached hydrogens (tertiary/aromatic N) is 6. The fourth-order valence-electron chi connectivity index (χ4n) is 5.65. The van der Waals surface area contributed by atoms with Crippen molar-refractivity contribution in [1.82, 2.24) is 24.7 Å². The number of hydrogen-bond acceptors (Lipinski definition) is 13. The third-order valence-corrected chi connectivity index (χ3v) is 7.84. The number of fused-ring (bicyclic) bond motifs is 2. The number of primary amides is 1. The van der Waals surface area contributed by atoms with Crippen molar-refractivity contribution in [3.05, 3.63) is 51.9 Å². The number of hydrogen-bond donors (Lipinski definition) is 3. The Morgan fingerprint density at radius 3 is 2.79 bits per heavy atom. The average molecular weight is 576 g/mol. The minimum Gasteiger partial charge on any atom is -0.456 e. The van der Waals surface area contributed by atoms with E-state index in [1.54, 1.807) is 10.5 Å². The second-order valence-corrected chi connectivity index (χ2v) is 10.6. The summed E-state index contributed by atoms with van der Waals surface area (Å²) in [5.74, 6) is 0.507. The zero-order chi connectivity index (χ0) is 28.8. The van der Waals surface area contributed by atoms with E-state index < -0.39 is 5.91 Å². The molecule has 1 saturated carbocycles. The molecule has 0 radical (unpaired) electrons. The summed E-state index contributed by atoms with van der Waals surface area (Å²) in [6, 6.07) is 3.07. The van der Waals surface area contributed by atoms with Crippen LogP contribution in [0.1, 0.15) is 47.4 Å². The van der Waals surface area contributed by atoms with E-state index in [2.05, 4.69) is 20.7 Å². The van der Waals surface area contributed by atoms with Crippen LogP contribution < -0.4 is 27.1 Å². The van der Waals surface area contributed by atoms with Gasteiger partial charge in [0.2, 0.25) is 17.0 Å². The molecular formula is C27H29N9O6. The van der Waals surface area contributed by atoms with Crippen LogP contribution in [0.15, 0.2) is 42.9 Å². The molecule has 5 aromatic rings. The smallest absolute Gasteiger partial charge is 0.254 e. The van der Waals surface area contributed by atoms with Crippen LogP contribution in [0.2, 0.25) is 0 Å². The zero-order valence-corrected chi connectivity index (χ0v) is 22.6. The summed E-state index contributed by atoms with van der Waals surface area (Å²) in [6.45, 7) is 2.28. The first-order valence-corrected chi connectivity index (χ1v) is 13.8. The lowest BCUT2D eigenvalue weighted by molar-refractivity contribution is 0.1000. The van der Waals surface area contributed by atoms with Crippen molar-refractivity contribution in [2.45, 2.75) is 44.2 Å². The fourth-order valence-corrected chi connectivity index (χ4v) is 5.65. The van der Waals surface area contributed by atoms with Gasteiger partial charge in [0, 0.05) is 37.7 Å². The number of rotatable bonds is 7. The molecule has 15 nitrogen and oxygen atoms in total. The van der Waals surface area contributed by atoms with Gasteiger partial charge in [-0.15, -0.1) is 10.2 Å². The molecule has 2 aliphatic rings. The molecule has 2 atom stereocenters. The van der Waals surface area contributed by atoms with Gasteiger partial charge < -0.3 is 39.8 Å². The molecule has 0 spiro atoms. The monoisotopic (exact) mass is 575 g/mol. The van der Waals surface area contributed by atoms with Gasteiger partial charge in [0.15, 0.2) is 22.9 Å². The molecule has 2 fully saturated rings. The van der Waals surface area contributed by atoms with E-state index in [0.717, 1.165) is 25.7 Å². The Kier molecular flexibility index (Phi) is 6.59. The molecule has 5 aromatic heterocycles. The van der Waals surface area contributed by atoms with Crippen molar-refractivity contribution >= 4 is 34.6 Å². The maximum absolute atomic E-state index is 12.8. The van der Waals surface area contributed by atoms with Crippen LogP contribution in [0.25, 0.3) is 28.1 Å². The molecule has 5 N–H and O–H groups in total. The van der Waals surface area contributed by atoms with Crippen molar-refractivity contribution in [2.75, 3.05) is 36.5 Å². The highest BCUT2D eigenvalue weighted by molar-refractivity contribution is 6.00. The highest BCUT2D eigenvalue weighted by Crippen LogP contribution is 2.33. The van der Waals surface area contributed by atoms with E-state index >= 15 is 0 Å². The molecule has 42 heavy (non-hydrogen) atoms. The lowest BCUT2D eigenvalue weighted by atomic mass is 9.91. The second kappa shape index (κ2) is 10.6. The third-order valence-electron chi connectivity index (χ3n) is 7.84. The summed E-state index contributed by atoms with van der Waals surface area (Å²) in [5, 5.41) is 15.7. The average Bonchev–Trinajstić information content (AvgIpc) is 3.75. The van der Waals surface area contributed by atoms with Gasteiger partial charge in [-0.2, -0.15) is 0 Å². The van der Waals surface area contributed by atoms with Crippen molar-refractivity contribution in [3.63, 3.8) is 0 Å². The van der Waals surface area contributed by atoms with Crippen LogP contribution in [0.5, 0.6) is 0 Å². The number of carbonyl (C=O) groups excluding carboxylic acids is 1. The molecule has 0 aromatic carbocycles. The number of ether oxygens (including phenoxy) is 1. The number of carbonyl (C=O) groups is 1. The number of nitrogens with two attached hydrogens (primary N) is 2. The predicted octanol–water partition coefficient (Wildman–Crippen LogP) is 1.69. The predicted molar refractivity (Wildman–Crippen MR) is 149 cm³/mol. The highest BCUT2D eigenvalue weighted by atomic mass is 16.5. The summed E-state index contributed by atoms with van der Waals surface area (Å²) in [7, 11) is 0. The molecule has 1 aliphatic carbocycles. The maximum Gasteiger partial charge on any atom is 0.254 e. The van der Waals surface area contributed by atoms with Crippen LogP contribution in [0.4, 0.5) is 11.8 Å². The lowest BCUT2D eigenvalue weighted by Crippen LogP contribution is -2.43. The van der Waals surface area contributed by atoms with Gasteiger partial charge in [0.05, 0.1) is 30.7 Å². The fraction of sp³-hybridized carbons (Fsp3) is 0.407. The van der Waals surface area contributed by atoms with Crippen LogP contribution >= 0.6 is 0 Å². The summed E-state index contributed by atoms with van der Waals surface area (Å²) in [5.41, 5.74) is 13.8. The van der Waals surface area contributed by atoms with Gasteiger partial charge in [0.1, 0.15) is 23.7 Å². The first-order chi connectivity index (χ1) is 20.5. The molecular weight excluding hydrogens is 546 g/mol. The van der Waals surface area contributed by atoms with Crippen LogP contribution in [-0.2, 0) is 11.2 Å². The number of furan rings is 1. The van der Waals surface area contributed by atoms with Crippen molar-refractivity contribution in [1.29, 1.82) is 0 Å². The minimum atomic E-state index is -0.696. The Hall–Kier alpha value is -4.76. The first-order valence-electron chi connectivity index (χ1n) is 13.8. The Bertz CT molecular complexity index is 1830. The van der Waals surface area contributed by atoms with Gasteiger partial charge in [-0.3, -0.25) is 14.0 Å². The quantitative estimate of drug-likeness (QED) is 0.253. The van der Waals surface area contributed by atoms with E-state index in [4.69, 9.17) is 34.5 Å². The van der Waals surface area contributed by atoms with Crippen LogP contribution in [-0.4, -0.2) is 69.0 Å². The molecule has 1 aliphatic heterocycles. The standard InChI is InChI=1S/C27H29N9O6/c28-16-3-1-2-4-17(16)31-27-32-18(22(25(29)38)26-33-30-13-36(26)27)9-14-10-20(42-34-14)15-12-40-24-19(37)11-21(41-23(15)24)35-5-7-39-8-6-35/h10-13,16-17H,1-9,28H2,(H2,29,38)(H,31,32)/t16-,17+/m1/s1. The van der Waals surface area contributed by atoms with Gasteiger partial charge in [-0.1, -0.05) is 18.0 Å². The Morgan fingerprint density at radius 2 is 1.98 bits per heavy atom. The van der Waals surface area contributed by atoms with Crippen LogP contribution in [0, 0.1) is 0 Å². The topological polar surface area (TPSA) is 206 Å². The SMILES string of the molecule is NC(=O)c1c(Cc2cc(-c3coc4c(=O)cc(N5CCOCC5)oc34)on2)nc(N[C@H]2CCCC[C@H]2N)n2cnnc12. The summed E-state index contributed by atoms with van der Waals surface area (Å²) in [6.07, 6.45) is 6.93. The molecule has 1 amide bonds. The van der Waals surface area contributed by atoms with Gasteiger partial charge in [0.25, 0.3) is 5.91 Å². The number of nitrogens with one attached hydrogen (secondary N) is 1. The largest absolute Gasteiger partial charge is 0.456 e. The molecule has 6 heterocycles. The summed E-state index contributed by atoms with van der Waals surface area (Å²) >= 11 is 0. The Morgan fingerprint density at radius 1 is 1.14 bits per heavy atom. The number of aromatic nitrogens is 5. The normalized spacial score (nSPS) is 19.5. The van der Waals surface area contributed by atoms with E-state index in [1.807, 2.05) is 4.90 Å². The molecule has 7 rings (SSSR count). The van der Waals surface area contributed by atoms with Crippen molar-refractivity contribution < 1.29 is 22.9 Å². The van der Waals surface area contributed by atoms with Crippen LogP contribution in [0.3, 0.4) is 0 Å². The van der Waals surface area contributed by atoms with E-state index in [-0.39, 0.29) is 46.3 Å². The van der Waals surface area contributed by atoms with E-state index in [0.29, 0.717) is 60.8 Å². The maximum atomic E-state index is 12.8. The molecule has 15 heteroatoms. The third kappa shape index (κ3) is 4.65. The van der Waals surface area contributed by atoms with E-state index in [1.165, 1.54) is 18.7 Å².